The van der Waals surface area contributed by atoms with Crippen LogP contribution in [-0.4, -0.2) is 41.1 Å². The van der Waals surface area contributed by atoms with Crippen molar-refractivity contribution in [1.29, 1.82) is 0 Å². The van der Waals surface area contributed by atoms with Crippen LogP contribution in [0, 0.1) is 5.92 Å². The Hall–Kier alpha value is -3.15. The van der Waals surface area contributed by atoms with Crippen molar-refractivity contribution in [2.24, 2.45) is 5.92 Å². The van der Waals surface area contributed by atoms with Crippen LogP contribution in [0.4, 0.5) is 0 Å². The molecule has 3 aromatic rings. The Kier molecular flexibility index (Phi) is 5.37. The fourth-order valence-corrected chi connectivity index (χ4v) is 3.59. The molecule has 1 atom stereocenters. The lowest BCUT2D eigenvalue weighted by Gasteiger charge is -2.16. The Morgan fingerprint density at radius 1 is 1.21 bits per heavy atom. The second kappa shape index (κ2) is 8.25. The van der Waals surface area contributed by atoms with Gasteiger partial charge in [-0.3, -0.25) is 4.79 Å². The first-order valence-corrected chi connectivity index (χ1v) is 9.50. The maximum Gasteiger partial charge on any atom is 0.257 e. The molecule has 2 aromatic carbocycles. The number of ether oxygens (including phenoxy) is 1. The first-order chi connectivity index (χ1) is 13.7. The quantitative estimate of drug-likeness (QED) is 0.659. The van der Waals surface area contributed by atoms with E-state index >= 15 is 0 Å². The van der Waals surface area contributed by atoms with E-state index in [9.17, 15) is 4.79 Å². The number of carbonyl (C=O) groups is 1. The summed E-state index contributed by atoms with van der Waals surface area (Å²) in [5.41, 5.74) is 1.89. The molecule has 0 N–H and O–H groups in total. The van der Waals surface area contributed by atoms with E-state index in [4.69, 9.17) is 9.26 Å². The van der Waals surface area contributed by atoms with Gasteiger partial charge in [-0.25, -0.2) is 0 Å². The number of carbonyl (C=O) groups excluding carboxylic acids is 1. The van der Waals surface area contributed by atoms with Crippen LogP contribution in [0.3, 0.4) is 0 Å². The number of hydrogen-bond acceptors (Lipinski definition) is 5. The molecule has 4 rings (SSSR count). The SMILES string of the molecule is COc1cccc(CC(=O)N2CCC(Cc3noc(-c4ccccc4)n3)C2)c1. The monoisotopic (exact) mass is 377 g/mol. The smallest absolute Gasteiger partial charge is 0.257 e. The molecule has 1 fully saturated rings. The van der Waals surface area contributed by atoms with Crippen molar-refractivity contribution in [2.75, 3.05) is 20.2 Å². The second-order valence-electron chi connectivity index (χ2n) is 7.11. The lowest BCUT2D eigenvalue weighted by Crippen LogP contribution is -2.30. The molecular weight excluding hydrogens is 354 g/mol. The lowest BCUT2D eigenvalue weighted by atomic mass is 10.0. The van der Waals surface area contributed by atoms with Gasteiger partial charge in [0.05, 0.1) is 13.5 Å². The molecule has 1 amide bonds. The number of hydrogen-bond donors (Lipinski definition) is 0. The summed E-state index contributed by atoms with van der Waals surface area (Å²) in [5.74, 6) is 2.52. The van der Waals surface area contributed by atoms with Crippen molar-refractivity contribution in [3.8, 4) is 17.2 Å². The summed E-state index contributed by atoms with van der Waals surface area (Å²) >= 11 is 0. The van der Waals surface area contributed by atoms with Gasteiger partial charge in [-0.1, -0.05) is 35.5 Å². The van der Waals surface area contributed by atoms with Gasteiger partial charge in [0, 0.05) is 25.1 Å². The molecule has 0 saturated carbocycles. The predicted molar refractivity (Wildman–Crippen MR) is 105 cm³/mol. The Balaban J connectivity index is 1.33. The number of benzene rings is 2. The van der Waals surface area contributed by atoms with Crippen LogP contribution in [0.1, 0.15) is 17.8 Å². The van der Waals surface area contributed by atoms with Gasteiger partial charge in [0.1, 0.15) is 5.75 Å². The van der Waals surface area contributed by atoms with Crippen LogP contribution in [0.2, 0.25) is 0 Å². The van der Waals surface area contributed by atoms with Gasteiger partial charge in [-0.05, 0) is 42.2 Å². The number of aromatic nitrogens is 2. The Bertz CT molecular complexity index is 939. The topological polar surface area (TPSA) is 68.5 Å². The molecule has 1 aliphatic heterocycles. The second-order valence-corrected chi connectivity index (χ2v) is 7.11. The summed E-state index contributed by atoms with van der Waals surface area (Å²) in [7, 11) is 1.63. The minimum atomic E-state index is 0.147. The molecular formula is C22H23N3O3. The Morgan fingerprint density at radius 2 is 2.07 bits per heavy atom. The highest BCUT2D eigenvalue weighted by molar-refractivity contribution is 5.79. The van der Waals surface area contributed by atoms with Gasteiger partial charge in [-0.15, -0.1) is 0 Å². The van der Waals surface area contributed by atoms with Crippen LogP contribution in [0.25, 0.3) is 11.5 Å². The van der Waals surface area contributed by atoms with E-state index in [1.807, 2.05) is 59.5 Å². The van der Waals surface area contributed by atoms with E-state index in [1.54, 1.807) is 7.11 Å². The predicted octanol–water partition coefficient (Wildman–Crippen LogP) is 3.38. The van der Waals surface area contributed by atoms with Crippen molar-refractivity contribution in [3.05, 3.63) is 66.0 Å². The molecule has 0 radical (unpaired) electrons. The first-order valence-electron chi connectivity index (χ1n) is 9.50. The lowest BCUT2D eigenvalue weighted by molar-refractivity contribution is -0.129. The Morgan fingerprint density at radius 3 is 2.89 bits per heavy atom. The highest BCUT2D eigenvalue weighted by atomic mass is 16.5. The first kappa shape index (κ1) is 18.2. The van der Waals surface area contributed by atoms with Gasteiger partial charge in [0.15, 0.2) is 5.82 Å². The number of likely N-dealkylation sites (tertiary alicyclic amines) is 1. The van der Waals surface area contributed by atoms with Crippen molar-refractivity contribution in [1.82, 2.24) is 15.0 Å². The Labute approximate surface area is 164 Å². The molecule has 2 heterocycles. The standard InChI is InChI=1S/C22H23N3O3/c1-27-19-9-5-6-16(12-19)14-21(26)25-11-10-17(15-25)13-20-23-22(28-24-20)18-7-3-2-4-8-18/h2-9,12,17H,10-11,13-15H2,1H3. The van der Waals surface area contributed by atoms with Crippen LogP contribution < -0.4 is 4.74 Å². The average Bonchev–Trinajstić information content (AvgIpc) is 3.39. The summed E-state index contributed by atoms with van der Waals surface area (Å²) in [5, 5.41) is 4.11. The minimum absolute atomic E-state index is 0.147. The van der Waals surface area contributed by atoms with Crippen LogP contribution in [-0.2, 0) is 17.6 Å². The average molecular weight is 377 g/mol. The third-order valence-corrected chi connectivity index (χ3v) is 5.09. The largest absolute Gasteiger partial charge is 0.497 e. The van der Waals surface area contributed by atoms with Gasteiger partial charge in [0.2, 0.25) is 5.91 Å². The summed E-state index contributed by atoms with van der Waals surface area (Å²) in [4.78, 5) is 19.1. The molecule has 0 spiro atoms. The van der Waals surface area contributed by atoms with Crippen LogP contribution in [0.5, 0.6) is 5.75 Å². The maximum absolute atomic E-state index is 12.6. The number of amides is 1. The van der Waals surface area contributed by atoms with Gasteiger partial charge < -0.3 is 14.2 Å². The fraction of sp³-hybridized carbons (Fsp3) is 0.318. The summed E-state index contributed by atoms with van der Waals surface area (Å²) in [6, 6.07) is 17.4. The molecule has 144 valence electrons. The highest BCUT2D eigenvalue weighted by Gasteiger charge is 2.27. The number of methoxy groups -OCH3 is 1. The van der Waals surface area contributed by atoms with Crippen molar-refractivity contribution >= 4 is 5.91 Å². The number of rotatable bonds is 6. The summed E-state index contributed by atoms with van der Waals surface area (Å²) in [6.45, 7) is 1.51. The zero-order valence-corrected chi connectivity index (χ0v) is 15.9. The molecule has 0 bridgehead atoms. The van der Waals surface area contributed by atoms with Crippen LogP contribution >= 0.6 is 0 Å². The van der Waals surface area contributed by atoms with Gasteiger partial charge in [-0.2, -0.15) is 4.98 Å². The third-order valence-electron chi connectivity index (χ3n) is 5.09. The van der Waals surface area contributed by atoms with Crippen molar-refractivity contribution in [2.45, 2.75) is 19.3 Å². The van der Waals surface area contributed by atoms with E-state index in [0.717, 1.165) is 42.8 Å². The van der Waals surface area contributed by atoms with E-state index in [2.05, 4.69) is 10.1 Å². The highest BCUT2D eigenvalue weighted by Crippen LogP contribution is 2.23. The summed E-state index contributed by atoms with van der Waals surface area (Å²) < 4.78 is 10.6. The van der Waals surface area contributed by atoms with Crippen molar-refractivity contribution in [3.63, 3.8) is 0 Å². The molecule has 28 heavy (non-hydrogen) atoms. The maximum atomic E-state index is 12.6. The summed E-state index contributed by atoms with van der Waals surface area (Å²) in [6.07, 6.45) is 2.07. The van der Waals surface area contributed by atoms with Gasteiger partial charge in [0.25, 0.3) is 5.89 Å². The van der Waals surface area contributed by atoms with Gasteiger partial charge >= 0.3 is 0 Å². The fourth-order valence-electron chi connectivity index (χ4n) is 3.59. The minimum Gasteiger partial charge on any atom is -0.497 e. The normalized spacial score (nSPS) is 16.3. The van der Waals surface area contributed by atoms with Crippen LogP contribution in [0.15, 0.2) is 59.1 Å². The van der Waals surface area contributed by atoms with E-state index in [1.165, 1.54) is 0 Å². The molecule has 6 nitrogen and oxygen atoms in total. The molecule has 1 saturated heterocycles. The van der Waals surface area contributed by atoms with E-state index in [-0.39, 0.29) is 5.91 Å². The molecule has 6 heteroatoms. The molecule has 1 unspecified atom stereocenters. The van der Waals surface area contributed by atoms with E-state index < -0.39 is 0 Å². The zero-order chi connectivity index (χ0) is 19.3. The molecule has 1 aromatic heterocycles. The molecule has 0 aliphatic carbocycles. The van der Waals surface area contributed by atoms with E-state index in [0.29, 0.717) is 24.1 Å². The zero-order valence-electron chi connectivity index (χ0n) is 15.9. The van der Waals surface area contributed by atoms with Crippen molar-refractivity contribution < 1.29 is 14.1 Å². The third kappa shape index (κ3) is 4.22. The molecule has 1 aliphatic rings. The number of nitrogens with zero attached hydrogens (tertiary/aromatic N) is 3.